The molecule has 0 saturated carbocycles. The topological polar surface area (TPSA) is 15.7 Å². The quantitative estimate of drug-likeness (QED) is 0.842. The van der Waals surface area contributed by atoms with Crippen LogP contribution in [0.5, 0.6) is 5.75 Å². The van der Waals surface area contributed by atoms with Gasteiger partial charge in [-0.1, -0.05) is 6.07 Å². The zero-order valence-electron chi connectivity index (χ0n) is 12.3. The largest absolute Gasteiger partial charge is 0.496 e. The summed E-state index contributed by atoms with van der Waals surface area (Å²) in [4.78, 5) is 5.30. The highest BCUT2D eigenvalue weighted by molar-refractivity contribution is 9.10. The second-order valence-corrected chi connectivity index (χ2v) is 6.89. The van der Waals surface area contributed by atoms with Gasteiger partial charge in [-0.25, -0.2) is 0 Å². The van der Waals surface area contributed by atoms with Crippen molar-refractivity contribution in [2.75, 3.05) is 26.7 Å². The van der Waals surface area contributed by atoms with Crippen LogP contribution in [0.25, 0.3) is 0 Å². The molecular weight excluding hydrogens is 316 g/mol. The summed E-state index contributed by atoms with van der Waals surface area (Å²) in [6.07, 6.45) is 2.74. The lowest BCUT2D eigenvalue weighted by Crippen LogP contribution is -2.54. The third-order valence-corrected chi connectivity index (χ3v) is 5.29. The van der Waals surface area contributed by atoms with Crippen LogP contribution < -0.4 is 4.74 Å². The van der Waals surface area contributed by atoms with Crippen LogP contribution >= 0.6 is 15.9 Å². The molecule has 0 unspecified atom stereocenters. The van der Waals surface area contributed by atoms with Gasteiger partial charge in [0.25, 0.3) is 0 Å². The van der Waals surface area contributed by atoms with Crippen LogP contribution in [0.2, 0.25) is 0 Å². The van der Waals surface area contributed by atoms with Crippen molar-refractivity contribution in [1.82, 2.24) is 9.80 Å². The molecular formula is C16H23BrN2O. The molecule has 2 aliphatic heterocycles. The molecule has 0 N–H and O–H groups in total. The number of piperazine rings is 1. The van der Waals surface area contributed by atoms with E-state index in [0.29, 0.717) is 6.04 Å². The summed E-state index contributed by atoms with van der Waals surface area (Å²) in [5.41, 5.74) is 1.36. The lowest BCUT2D eigenvalue weighted by atomic mass is 10.1. The number of ether oxygens (including phenoxy) is 1. The summed E-state index contributed by atoms with van der Waals surface area (Å²) in [6, 6.07) is 7.85. The molecule has 3 rings (SSSR count). The standard InChI is InChI=1S/C16H23BrN2O/c1-12-9-18-7-3-4-14(18)11-19(12)10-13-5-6-16(20-2)15(17)8-13/h5-6,8,12,14H,3-4,7,9-11H2,1-2H3/t12-,14-/m0/s1. The smallest absolute Gasteiger partial charge is 0.133 e. The fourth-order valence-electron chi connectivity index (χ4n) is 3.51. The summed E-state index contributed by atoms with van der Waals surface area (Å²) in [6.45, 7) is 7.13. The molecule has 1 aromatic rings. The first kappa shape index (κ1) is 14.4. The Morgan fingerprint density at radius 1 is 1.35 bits per heavy atom. The lowest BCUT2D eigenvalue weighted by Gasteiger charge is -2.42. The minimum atomic E-state index is 0.644. The first-order valence-electron chi connectivity index (χ1n) is 7.48. The maximum atomic E-state index is 5.30. The molecule has 2 heterocycles. The molecule has 110 valence electrons. The van der Waals surface area contributed by atoms with Crippen LogP contribution in [0, 0.1) is 0 Å². The molecule has 3 nitrogen and oxygen atoms in total. The molecule has 0 amide bonds. The van der Waals surface area contributed by atoms with E-state index in [1.54, 1.807) is 7.11 Å². The summed E-state index contributed by atoms with van der Waals surface area (Å²) in [5.74, 6) is 0.905. The second kappa shape index (κ2) is 6.04. The Kier molecular flexibility index (Phi) is 4.34. The van der Waals surface area contributed by atoms with E-state index in [1.807, 2.05) is 0 Å². The molecule has 1 aromatic carbocycles. The highest BCUT2D eigenvalue weighted by atomic mass is 79.9. The van der Waals surface area contributed by atoms with Gasteiger partial charge in [0.1, 0.15) is 5.75 Å². The van der Waals surface area contributed by atoms with Gasteiger partial charge < -0.3 is 4.74 Å². The molecule has 0 aromatic heterocycles. The Morgan fingerprint density at radius 2 is 2.20 bits per heavy atom. The van der Waals surface area contributed by atoms with Crippen LogP contribution in [-0.2, 0) is 6.54 Å². The average molecular weight is 339 g/mol. The summed E-state index contributed by atoms with van der Waals surface area (Å²) in [7, 11) is 1.71. The molecule has 2 fully saturated rings. The predicted octanol–water partition coefficient (Wildman–Crippen LogP) is 3.13. The number of methoxy groups -OCH3 is 1. The summed E-state index contributed by atoms with van der Waals surface area (Å²) >= 11 is 3.58. The van der Waals surface area contributed by atoms with Crippen molar-refractivity contribution in [3.8, 4) is 5.75 Å². The summed E-state index contributed by atoms with van der Waals surface area (Å²) in [5, 5.41) is 0. The van der Waals surface area contributed by atoms with Crippen LogP contribution in [0.1, 0.15) is 25.3 Å². The third-order valence-electron chi connectivity index (χ3n) is 4.67. The molecule has 0 aliphatic carbocycles. The SMILES string of the molecule is COc1ccc(CN2C[C@@H]3CCCN3C[C@@H]2C)cc1Br. The van der Waals surface area contributed by atoms with E-state index in [0.717, 1.165) is 22.8 Å². The van der Waals surface area contributed by atoms with Gasteiger partial charge in [0, 0.05) is 31.7 Å². The average Bonchev–Trinajstić information content (AvgIpc) is 2.86. The van der Waals surface area contributed by atoms with Gasteiger partial charge in [0.05, 0.1) is 11.6 Å². The molecule has 4 heteroatoms. The molecule has 20 heavy (non-hydrogen) atoms. The maximum Gasteiger partial charge on any atom is 0.133 e. The van der Waals surface area contributed by atoms with Crippen molar-refractivity contribution in [1.29, 1.82) is 0 Å². The van der Waals surface area contributed by atoms with Crippen molar-refractivity contribution in [2.24, 2.45) is 0 Å². The van der Waals surface area contributed by atoms with E-state index in [-0.39, 0.29) is 0 Å². The third kappa shape index (κ3) is 2.87. The highest BCUT2D eigenvalue weighted by Gasteiger charge is 2.34. The van der Waals surface area contributed by atoms with E-state index in [2.05, 4.69) is 50.9 Å². The van der Waals surface area contributed by atoms with Crippen molar-refractivity contribution in [2.45, 2.75) is 38.4 Å². The number of benzene rings is 1. The number of rotatable bonds is 3. The Bertz CT molecular complexity index is 480. The fraction of sp³-hybridized carbons (Fsp3) is 0.625. The van der Waals surface area contributed by atoms with Crippen LogP contribution in [-0.4, -0.2) is 48.6 Å². The van der Waals surface area contributed by atoms with E-state index < -0.39 is 0 Å². The minimum Gasteiger partial charge on any atom is -0.496 e. The van der Waals surface area contributed by atoms with E-state index in [4.69, 9.17) is 4.74 Å². The van der Waals surface area contributed by atoms with Crippen LogP contribution in [0.3, 0.4) is 0 Å². The maximum absolute atomic E-state index is 5.30. The monoisotopic (exact) mass is 338 g/mol. The van der Waals surface area contributed by atoms with Gasteiger partial charge in [0.2, 0.25) is 0 Å². The van der Waals surface area contributed by atoms with Gasteiger partial charge in [-0.05, 0) is 59.9 Å². The van der Waals surface area contributed by atoms with Crippen molar-refractivity contribution >= 4 is 15.9 Å². The molecule has 0 bridgehead atoms. The molecule has 2 aliphatic rings. The number of fused-ring (bicyclic) bond motifs is 1. The van der Waals surface area contributed by atoms with Gasteiger partial charge in [-0.2, -0.15) is 0 Å². The molecule has 2 saturated heterocycles. The lowest BCUT2D eigenvalue weighted by molar-refractivity contribution is 0.0540. The highest BCUT2D eigenvalue weighted by Crippen LogP contribution is 2.29. The van der Waals surface area contributed by atoms with E-state index >= 15 is 0 Å². The molecule has 2 atom stereocenters. The van der Waals surface area contributed by atoms with Crippen LogP contribution in [0.15, 0.2) is 22.7 Å². The van der Waals surface area contributed by atoms with Gasteiger partial charge >= 0.3 is 0 Å². The first-order chi connectivity index (χ1) is 9.67. The first-order valence-corrected chi connectivity index (χ1v) is 8.27. The number of nitrogens with zero attached hydrogens (tertiary/aromatic N) is 2. The van der Waals surface area contributed by atoms with E-state index in [1.165, 1.54) is 38.0 Å². The molecule has 0 radical (unpaired) electrons. The molecule has 0 spiro atoms. The van der Waals surface area contributed by atoms with Crippen LogP contribution in [0.4, 0.5) is 0 Å². The number of hydrogen-bond acceptors (Lipinski definition) is 3. The van der Waals surface area contributed by atoms with Gasteiger partial charge in [0.15, 0.2) is 0 Å². The van der Waals surface area contributed by atoms with Crippen molar-refractivity contribution in [3.63, 3.8) is 0 Å². The Labute approximate surface area is 130 Å². The summed E-state index contributed by atoms with van der Waals surface area (Å²) < 4.78 is 6.35. The normalized spacial score (nSPS) is 27.6. The number of halogens is 1. The predicted molar refractivity (Wildman–Crippen MR) is 85.2 cm³/mol. The van der Waals surface area contributed by atoms with Gasteiger partial charge in [-0.3, -0.25) is 9.80 Å². The van der Waals surface area contributed by atoms with E-state index in [9.17, 15) is 0 Å². The zero-order chi connectivity index (χ0) is 14.1. The Morgan fingerprint density at radius 3 is 2.95 bits per heavy atom. The van der Waals surface area contributed by atoms with Gasteiger partial charge in [-0.15, -0.1) is 0 Å². The second-order valence-electron chi connectivity index (χ2n) is 6.04. The van der Waals surface area contributed by atoms with Crippen molar-refractivity contribution in [3.05, 3.63) is 28.2 Å². The zero-order valence-corrected chi connectivity index (χ0v) is 13.9. The Hall–Kier alpha value is -0.580. The Balaban J connectivity index is 1.69. The van der Waals surface area contributed by atoms with Crippen molar-refractivity contribution < 1.29 is 4.74 Å². The number of hydrogen-bond donors (Lipinski definition) is 0. The minimum absolute atomic E-state index is 0.644. The fourth-order valence-corrected chi connectivity index (χ4v) is 4.10.